The molecule has 1 fully saturated rings. The number of carbonyl (C=O) groups excluding carboxylic acids is 1. The van der Waals surface area contributed by atoms with Crippen LogP contribution in [-0.4, -0.2) is 46.0 Å². The fourth-order valence-corrected chi connectivity index (χ4v) is 5.41. The predicted molar refractivity (Wildman–Crippen MR) is 163 cm³/mol. The molecule has 0 saturated carbocycles. The first-order chi connectivity index (χ1) is 21.1. The molecule has 12 heteroatoms. The molecule has 0 atom stereocenters. The maximum atomic E-state index is 13.2. The van der Waals surface area contributed by atoms with E-state index in [1.807, 2.05) is 13.0 Å². The third-order valence-electron chi connectivity index (χ3n) is 7.62. The second kappa shape index (κ2) is 11.4. The lowest BCUT2D eigenvalue weighted by Gasteiger charge is -2.19. The number of nitrogens with zero attached hydrogens (tertiary/aromatic N) is 5. The van der Waals surface area contributed by atoms with E-state index in [1.165, 1.54) is 19.2 Å². The minimum atomic E-state index is -4.57. The van der Waals surface area contributed by atoms with Crippen LogP contribution in [0.5, 0.6) is 5.75 Å². The summed E-state index contributed by atoms with van der Waals surface area (Å²) in [5.74, 6) is 0.237. The van der Waals surface area contributed by atoms with Crippen molar-refractivity contribution in [3.05, 3.63) is 83.8 Å². The van der Waals surface area contributed by atoms with Crippen molar-refractivity contribution in [1.82, 2.24) is 19.9 Å². The molecule has 0 unspecified atom stereocenters. The van der Waals surface area contributed by atoms with Gasteiger partial charge < -0.3 is 20.7 Å². The van der Waals surface area contributed by atoms with E-state index in [2.05, 4.69) is 30.2 Å². The van der Waals surface area contributed by atoms with Crippen LogP contribution in [0, 0.1) is 6.92 Å². The number of aryl methyl sites for hydroxylation is 1. The van der Waals surface area contributed by atoms with Gasteiger partial charge in [-0.2, -0.15) is 13.2 Å². The molecule has 3 aromatic carbocycles. The SMILES string of the molecule is COc1c(-c2cc(NC(=O)c3cccc(C(F)(F)F)c3)ccc2C)cc2cnc(N)nc2c1-c1ncc(N2CCCC2)cn1. The van der Waals surface area contributed by atoms with Gasteiger partial charge in [-0.05, 0) is 67.3 Å². The topological polar surface area (TPSA) is 119 Å². The summed E-state index contributed by atoms with van der Waals surface area (Å²) < 4.78 is 45.6. The zero-order chi connectivity index (χ0) is 31.0. The van der Waals surface area contributed by atoms with Crippen molar-refractivity contribution >= 4 is 34.1 Å². The Kier molecular flexibility index (Phi) is 7.50. The highest BCUT2D eigenvalue weighted by molar-refractivity contribution is 6.05. The Morgan fingerprint density at radius 1 is 0.977 bits per heavy atom. The standard InChI is InChI=1S/C32H28F3N7O2/c1-18-8-9-22(40-30(43)19-6-5-7-21(12-19)32(33,34)35)14-24(18)25-13-20-15-39-31(36)41-27(20)26(28(25)44-2)29-37-16-23(17-38-29)42-10-3-4-11-42/h5-9,12-17H,3-4,10-11H2,1-2H3,(H,40,43)(H2,36,39,41). The molecule has 1 aliphatic rings. The molecule has 6 rings (SSSR count). The largest absolute Gasteiger partial charge is 0.495 e. The Hall–Kier alpha value is -5.26. The summed E-state index contributed by atoms with van der Waals surface area (Å²) in [6, 6.07) is 11.4. The Bertz CT molecular complexity index is 1870. The summed E-state index contributed by atoms with van der Waals surface area (Å²) in [6.07, 6.45) is 2.85. The van der Waals surface area contributed by atoms with Crippen LogP contribution in [0.2, 0.25) is 0 Å². The monoisotopic (exact) mass is 599 g/mol. The number of carbonyl (C=O) groups is 1. The normalized spacial score (nSPS) is 13.3. The van der Waals surface area contributed by atoms with Gasteiger partial charge in [0.2, 0.25) is 5.95 Å². The summed E-state index contributed by atoms with van der Waals surface area (Å²) in [7, 11) is 1.53. The molecular weight excluding hydrogens is 571 g/mol. The Morgan fingerprint density at radius 2 is 1.73 bits per heavy atom. The van der Waals surface area contributed by atoms with Gasteiger partial charge >= 0.3 is 6.18 Å². The number of halogens is 3. The first kappa shape index (κ1) is 28.8. The van der Waals surface area contributed by atoms with Crippen LogP contribution in [0.15, 0.2) is 67.1 Å². The van der Waals surface area contributed by atoms with Crippen molar-refractivity contribution in [3.8, 4) is 28.3 Å². The quantitative estimate of drug-likeness (QED) is 0.226. The maximum absolute atomic E-state index is 13.2. The van der Waals surface area contributed by atoms with Crippen LogP contribution in [-0.2, 0) is 6.18 Å². The number of rotatable bonds is 6. The molecule has 3 heterocycles. The summed E-state index contributed by atoms with van der Waals surface area (Å²) in [6.45, 7) is 3.81. The lowest BCUT2D eigenvalue weighted by atomic mass is 9.94. The van der Waals surface area contributed by atoms with Gasteiger partial charge in [-0.1, -0.05) is 12.1 Å². The van der Waals surface area contributed by atoms with Crippen molar-refractivity contribution in [2.75, 3.05) is 36.1 Å². The first-order valence-corrected chi connectivity index (χ1v) is 13.9. The third-order valence-corrected chi connectivity index (χ3v) is 7.62. The predicted octanol–water partition coefficient (Wildman–Crippen LogP) is 6.52. The smallest absolute Gasteiger partial charge is 0.416 e. The van der Waals surface area contributed by atoms with Crippen LogP contribution in [0.1, 0.15) is 34.3 Å². The summed E-state index contributed by atoms with van der Waals surface area (Å²) in [5.41, 5.74) is 9.53. The second-order valence-electron chi connectivity index (χ2n) is 10.5. The van der Waals surface area contributed by atoms with Gasteiger partial charge in [-0.15, -0.1) is 0 Å². The van der Waals surface area contributed by atoms with Gasteiger partial charge in [0.1, 0.15) is 5.75 Å². The lowest BCUT2D eigenvalue weighted by molar-refractivity contribution is -0.137. The number of methoxy groups -OCH3 is 1. The molecule has 44 heavy (non-hydrogen) atoms. The lowest BCUT2D eigenvalue weighted by Crippen LogP contribution is -2.18. The molecule has 9 nitrogen and oxygen atoms in total. The Balaban J connectivity index is 1.44. The summed E-state index contributed by atoms with van der Waals surface area (Å²) in [5, 5.41) is 3.38. The number of hydrogen-bond donors (Lipinski definition) is 2. The zero-order valence-electron chi connectivity index (χ0n) is 23.9. The number of nitrogen functional groups attached to an aromatic ring is 1. The van der Waals surface area contributed by atoms with Crippen molar-refractivity contribution in [2.24, 2.45) is 0 Å². The molecule has 1 amide bonds. The molecule has 1 aliphatic heterocycles. The highest BCUT2D eigenvalue weighted by Gasteiger charge is 2.31. The highest BCUT2D eigenvalue weighted by atomic mass is 19.4. The first-order valence-electron chi connectivity index (χ1n) is 13.9. The third kappa shape index (κ3) is 5.58. The molecule has 0 radical (unpaired) electrons. The number of nitrogens with two attached hydrogens (primary N) is 1. The van der Waals surface area contributed by atoms with Gasteiger partial charge in [0, 0.05) is 41.5 Å². The molecule has 3 N–H and O–H groups in total. The molecule has 0 bridgehead atoms. The molecule has 2 aromatic heterocycles. The van der Waals surface area contributed by atoms with E-state index in [-0.39, 0.29) is 11.5 Å². The minimum Gasteiger partial charge on any atom is -0.495 e. The molecule has 1 saturated heterocycles. The van der Waals surface area contributed by atoms with Crippen LogP contribution < -0.4 is 20.7 Å². The number of hydrogen-bond acceptors (Lipinski definition) is 8. The van der Waals surface area contributed by atoms with E-state index >= 15 is 0 Å². The molecule has 5 aromatic rings. The number of fused-ring (bicyclic) bond motifs is 1. The average Bonchev–Trinajstić information content (AvgIpc) is 3.56. The zero-order valence-corrected chi connectivity index (χ0v) is 23.9. The van der Waals surface area contributed by atoms with E-state index in [4.69, 9.17) is 10.5 Å². The van der Waals surface area contributed by atoms with Crippen molar-refractivity contribution in [2.45, 2.75) is 25.9 Å². The van der Waals surface area contributed by atoms with E-state index in [0.717, 1.165) is 49.3 Å². The Morgan fingerprint density at radius 3 is 2.43 bits per heavy atom. The fraction of sp³-hybridized carbons (Fsp3) is 0.219. The van der Waals surface area contributed by atoms with E-state index in [0.29, 0.717) is 44.9 Å². The van der Waals surface area contributed by atoms with Crippen LogP contribution >= 0.6 is 0 Å². The van der Waals surface area contributed by atoms with Crippen molar-refractivity contribution < 1.29 is 22.7 Å². The van der Waals surface area contributed by atoms with Gasteiger partial charge in [0.15, 0.2) is 5.82 Å². The van der Waals surface area contributed by atoms with E-state index < -0.39 is 17.6 Å². The number of anilines is 3. The molecule has 224 valence electrons. The number of ether oxygens (including phenoxy) is 1. The average molecular weight is 600 g/mol. The van der Waals surface area contributed by atoms with E-state index in [1.54, 1.807) is 36.8 Å². The van der Waals surface area contributed by atoms with Gasteiger partial charge in [0.25, 0.3) is 5.91 Å². The number of alkyl halides is 3. The van der Waals surface area contributed by atoms with E-state index in [9.17, 15) is 18.0 Å². The van der Waals surface area contributed by atoms with Gasteiger partial charge in [0.05, 0.1) is 41.8 Å². The van der Waals surface area contributed by atoms with Crippen LogP contribution in [0.3, 0.4) is 0 Å². The number of nitrogens with one attached hydrogen (secondary N) is 1. The maximum Gasteiger partial charge on any atom is 0.416 e. The minimum absolute atomic E-state index is 0.0812. The number of benzene rings is 3. The van der Waals surface area contributed by atoms with Gasteiger partial charge in [-0.25, -0.2) is 19.9 Å². The fourth-order valence-electron chi connectivity index (χ4n) is 5.41. The number of aromatic nitrogens is 4. The van der Waals surface area contributed by atoms with Crippen LogP contribution in [0.25, 0.3) is 33.4 Å². The highest BCUT2D eigenvalue weighted by Crippen LogP contribution is 2.44. The number of amides is 1. The summed E-state index contributed by atoms with van der Waals surface area (Å²) in [4.78, 5) is 33.2. The van der Waals surface area contributed by atoms with Crippen molar-refractivity contribution in [1.29, 1.82) is 0 Å². The second-order valence-corrected chi connectivity index (χ2v) is 10.5. The van der Waals surface area contributed by atoms with Gasteiger partial charge in [-0.3, -0.25) is 4.79 Å². The molecule has 0 aliphatic carbocycles. The van der Waals surface area contributed by atoms with Crippen molar-refractivity contribution in [3.63, 3.8) is 0 Å². The Labute approximate surface area is 250 Å². The molecule has 0 spiro atoms. The van der Waals surface area contributed by atoms with Crippen LogP contribution in [0.4, 0.5) is 30.5 Å². The molecular formula is C32H28F3N7O2. The summed E-state index contributed by atoms with van der Waals surface area (Å²) >= 11 is 0.